The van der Waals surface area contributed by atoms with Gasteiger partial charge in [0.25, 0.3) is 0 Å². The van der Waals surface area contributed by atoms with Crippen molar-refractivity contribution in [2.24, 2.45) is 5.92 Å². The maximum absolute atomic E-state index is 13.1. The van der Waals surface area contributed by atoms with E-state index in [9.17, 15) is 22.8 Å². The molecule has 1 amide bonds. The van der Waals surface area contributed by atoms with Crippen LogP contribution >= 0.6 is 0 Å². The number of rotatable bonds is 7. The predicted octanol–water partition coefficient (Wildman–Crippen LogP) is 0.606. The minimum Gasteiger partial charge on any atom is -0.464 e. The second kappa shape index (κ2) is 7.44. The highest BCUT2D eigenvalue weighted by molar-refractivity contribution is 5.78. The van der Waals surface area contributed by atoms with Crippen LogP contribution in [0, 0.1) is 5.92 Å². The lowest BCUT2D eigenvalue weighted by atomic mass is 9.95. The molecule has 1 rings (SSSR count). The highest BCUT2D eigenvalue weighted by Crippen LogP contribution is 2.34. The van der Waals surface area contributed by atoms with Crippen molar-refractivity contribution in [1.29, 1.82) is 0 Å². The first-order valence-electron chi connectivity index (χ1n) is 6.06. The second-order valence-corrected chi connectivity index (χ2v) is 4.07. The number of carbonyl (C=O) groups is 2. The van der Waals surface area contributed by atoms with E-state index in [1.54, 1.807) is 0 Å². The summed E-state index contributed by atoms with van der Waals surface area (Å²) in [6.07, 6.45) is -6.31. The fourth-order valence-corrected chi connectivity index (χ4v) is 1.86. The second-order valence-electron chi connectivity index (χ2n) is 4.07. The third kappa shape index (κ3) is 4.64. The van der Waals surface area contributed by atoms with E-state index in [0.717, 1.165) is 0 Å². The Balaban J connectivity index is 2.85. The average molecular weight is 299 g/mol. The van der Waals surface area contributed by atoms with Crippen LogP contribution in [0.1, 0.15) is 13.3 Å². The van der Waals surface area contributed by atoms with Crippen LogP contribution in [-0.2, 0) is 23.8 Å². The standard InChI is InChI=1S/C11H16F3NO5/c1-2-18-10(17)9(15-6-16)7(11(12,13)14)5-8-19-3-4-20-8/h6-9H,2-5H2,1H3,(H,15,16)/t7-,9+/m1/s1. The first kappa shape index (κ1) is 16.7. The molecule has 0 saturated carbocycles. The molecular weight excluding hydrogens is 283 g/mol. The van der Waals surface area contributed by atoms with Gasteiger partial charge in [0, 0.05) is 6.42 Å². The fraction of sp³-hybridized carbons (Fsp3) is 0.818. The largest absolute Gasteiger partial charge is 0.464 e. The number of nitrogens with one attached hydrogen (secondary N) is 1. The Hall–Kier alpha value is -1.35. The van der Waals surface area contributed by atoms with Gasteiger partial charge in [0.1, 0.15) is 6.04 Å². The quantitative estimate of drug-likeness (QED) is 0.550. The van der Waals surface area contributed by atoms with Gasteiger partial charge in [-0.15, -0.1) is 0 Å². The summed E-state index contributed by atoms with van der Waals surface area (Å²) in [4.78, 5) is 22.0. The van der Waals surface area contributed by atoms with Crippen molar-refractivity contribution in [3.8, 4) is 0 Å². The maximum Gasteiger partial charge on any atom is 0.394 e. The fourth-order valence-electron chi connectivity index (χ4n) is 1.86. The molecule has 0 aromatic rings. The summed E-state index contributed by atoms with van der Waals surface area (Å²) in [6.45, 7) is 1.76. The Labute approximate surface area is 113 Å². The summed E-state index contributed by atoms with van der Waals surface area (Å²) in [5.74, 6) is -3.28. The molecule has 116 valence electrons. The highest BCUT2D eigenvalue weighted by atomic mass is 19.4. The summed E-state index contributed by atoms with van der Waals surface area (Å²) in [6, 6.07) is -1.82. The van der Waals surface area contributed by atoms with Crippen LogP contribution < -0.4 is 5.32 Å². The van der Waals surface area contributed by atoms with Crippen LogP contribution in [0.2, 0.25) is 0 Å². The molecule has 0 spiro atoms. The molecule has 1 saturated heterocycles. The zero-order valence-corrected chi connectivity index (χ0v) is 10.8. The van der Waals surface area contributed by atoms with E-state index in [1.807, 2.05) is 5.32 Å². The van der Waals surface area contributed by atoms with E-state index in [4.69, 9.17) is 9.47 Å². The Morgan fingerprint density at radius 1 is 1.45 bits per heavy atom. The average Bonchev–Trinajstić information content (AvgIpc) is 2.85. The van der Waals surface area contributed by atoms with Gasteiger partial charge in [-0.05, 0) is 6.92 Å². The summed E-state index contributed by atoms with van der Waals surface area (Å²) in [5.41, 5.74) is 0. The molecule has 0 unspecified atom stereocenters. The molecule has 2 atom stereocenters. The lowest BCUT2D eigenvalue weighted by Crippen LogP contribution is -2.50. The van der Waals surface area contributed by atoms with Gasteiger partial charge in [-0.25, -0.2) is 4.79 Å². The van der Waals surface area contributed by atoms with Gasteiger partial charge in [0.15, 0.2) is 6.29 Å². The molecule has 6 nitrogen and oxygen atoms in total. The van der Waals surface area contributed by atoms with E-state index in [0.29, 0.717) is 0 Å². The van der Waals surface area contributed by atoms with Crippen LogP contribution in [0.25, 0.3) is 0 Å². The molecule has 1 heterocycles. The molecule has 0 bridgehead atoms. The molecule has 0 radical (unpaired) electrons. The molecule has 20 heavy (non-hydrogen) atoms. The highest BCUT2D eigenvalue weighted by Gasteiger charge is 2.49. The van der Waals surface area contributed by atoms with Crippen LogP contribution in [0.5, 0.6) is 0 Å². The lowest BCUT2D eigenvalue weighted by molar-refractivity contribution is -0.206. The number of halogens is 3. The van der Waals surface area contributed by atoms with Crippen molar-refractivity contribution in [3.05, 3.63) is 0 Å². The first-order chi connectivity index (χ1) is 9.40. The van der Waals surface area contributed by atoms with E-state index >= 15 is 0 Å². The molecule has 9 heteroatoms. The third-order valence-corrected chi connectivity index (χ3v) is 2.75. The lowest BCUT2D eigenvalue weighted by Gasteiger charge is -2.28. The predicted molar refractivity (Wildman–Crippen MR) is 59.5 cm³/mol. The zero-order chi connectivity index (χ0) is 15.2. The summed E-state index contributed by atoms with van der Waals surface area (Å²) in [5, 5.41) is 1.86. The van der Waals surface area contributed by atoms with Gasteiger partial charge >= 0.3 is 12.1 Å². The molecule has 1 N–H and O–H groups in total. The van der Waals surface area contributed by atoms with Gasteiger partial charge in [-0.2, -0.15) is 13.2 Å². The van der Waals surface area contributed by atoms with E-state index in [-0.39, 0.29) is 26.2 Å². The molecule has 1 aliphatic rings. The van der Waals surface area contributed by atoms with Crippen LogP contribution in [0.3, 0.4) is 0 Å². The maximum atomic E-state index is 13.1. The Kier molecular flexibility index (Phi) is 6.21. The summed E-state index contributed by atoms with van der Waals surface area (Å²) in [7, 11) is 0. The zero-order valence-electron chi connectivity index (χ0n) is 10.8. The number of esters is 1. The van der Waals surface area contributed by atoms with Crippen molar-refractivity contribution in [2.45, 2.75) is 31.9 Å². The summed E-state index contributed by atoms with van der Waals surface area (Å²) >= 11 is 0. The summed E-state index contributed by atoms with van der Waals surface area (Å²) < 4.78 is 53.7. The Morgan fingerprint density at radius 3 is 2.50 bits per heavy atom. The van der Waals surface area contributed by atoms with E-state index in [1.165, 1.54) is 6.92 Å². The minimum absolute atomic E-state index is 0.0384. The molecule has 0 aliphatic carbocycles. The number of hydrogen-bond donors (Lipinski definition) is 1. The molecule has 0 aromatic carbocycles. The van der Waals surface area contributed by atoms with Crippen molar-refractivity contribution >= 4 is 12.4 Å². The SMILES string of the molecule is CCOC(=O)[C@@H](NC=O)[C@@H](CC1OCCO1)C(F)(F)F. The van der Waals surface area contributed by atoms with Crippen molar-refractivity contribution in [2.75, 3.05) is 19.8 Å². The first-order valence-corrected chi connectivity index (χ1v) is 6.06. The number of carbonyl (C=O) groups excluding carboxylic acids is 2. The Morgan fingerprint density at radius 2 is 2.05 bits per heavy atom. The number of alkyl halides is 3. The monoisotopic (exact) mass is 299 g/mol. The van der Waals surface area contributed by atoms with Gasteiger partial charge in [-0.3, -0.25) is 4.79 Å². The van der Waals surface area contributed by atoms with Crippen LogP contribution in [0.4, 0.5) is 13.2 Å². The van der Waals surface area contributed by atoms with Crippen LogP contribution in [0.15, 0.2) is 0 Å². The molecule has 1 aliphatic heterocycles. The normalized spacial score (nSPS) is 19.4. The van der Waals surface area contributed by atoms with Gasteiger partial charge in [0.05, 0.1) is 25.7 Å². The molecular formula is C11H16F3NO5. The Bertz CT molecular complexity index is 331. The third-order valence-electron chi connectivity index (χ3n) is 2.75. The van der Waals surface area contributed by atoms with Crippen molar-refractivity contribution < 1.29 is 37.0 Å². The van der Waals surface area contributed by atoms with Crippen molar-refractivity contribution in [3.63, 3.8) is 0 Å². The topological polar surface area (TPSA) is 73.9 Å². The smallest absolute Gasteiger partial charge is 0.394 e. The van der Waals surface area contributed by atoms with Crippen LogP contribution in [-0.4, -0.2) is 50.7 Å². The van der Waals surface area contributed by atoms with E-state index < -0.39 is 36.8 Å². The number of ether oxygens (including phenoxy) is 3. The van der Waals surface area contributed by atoms with Gasteiger partial charge in [0.2, 0.25) is 6.41 Å². The molecule has 1 fully saturated rings. The van der Waals surface area contributed by atoms with E-state index in [2.05, 4.69) is 4.74 Å². The van der Waals surface area contributed by atoms with Crippen molar-refractivity contribution in [1.82, 2.24) is 5.32 Å². The number of amides is 1. The minimum atomic E-state index is -4.71. The van der Waals surface area contributed by atoms with Gasteiger partial charge < -0.3 is 19.5 Å². The van der Waals surface area contributed by atoms with Gasteiger partial charge in [-0.1, -0.05) is 0 Å². The molecule has 0 aromatic heterocycles. The number of hydrogen-bond acceptors (Lipinski definition) is 5.